The van der Waals surface area contributed by atoms with E-state index < -0.39 is 0 Å². The smallest absolute Gasteiger partial charge is 0.409 e. The third kappa shape index (κ3) is 5.97. The fraction of sp³-hybridized carbons (Fsp3) is 0.476. The van der Waals surface area contributed by atoms with Crippen LogP contribution in [0.1, 0.15) is 25.3 Å². The molecule has 0 unspecified atom stereocenters. The molecular weight excluding hydrogens is 370 g/mol. The van der Waals surface area contributed by atoms with E-state index in [1.54, 1.807) is 18.3 Å². The van der Waals surface area contributed by atoms with E-state index in [9.17, 15) is 4.79 Å². The molecule has 0 spiro atoms. The maximum atomic E-state index is 11.8. The van der Waals surface area contributed by atoms with Crippen LogP contribution in [0, 0.1) is 0 Å². The van der Waals surface area contributed by atoms with Gasteiger partial charge in [-0.15, -0.1) is 0 Å². The van der Waals surface area contributed by atoms with Gasteiger partial charge in [-0.1, -0.05) is 18.2 Å². The SMILES string of the molecule is CCOC(=O)N1CCC(Nc2cc(NCCc3ccccc3OC)ncn2)CC1. The summed E-state index contributed by atoms with van der Waals surface area (Å²) in [7, 11) is 1.69. The van der Waals surface area contributed by atoms with Crippen molar-refractivity contribution < 1.29 is 14.3 Å². The number of nitrogens with one attached hydrogen (secondary N) is 2. The van der Waals surface area contributed by atoms with Crippen molar-refractivity contribution in [2.24, 2.45) is 0 Å². The number of benzene rings is 1. The highest BCUT2D eigenvalue weighted by Crippen LogP contribution is 2.19. The van der Waals surface area contributed by atoms with Crippen LogP contribution >= 0.6 is 0 Å². The number of anilines is 2. The van der Waals surface area contributed by atoms with Crippen LogP contribution in [0.3, 0.4) is 0 Å². The largest absolute Gasteiger partial charge is 0.496 e. The van der Waals surface area contributed by atoms with Crippen LogP contribution in [0.4, 0.5) is 16.4 Å². The number of amides is 1. The molecule has 0 bridgehead atoms. The molecule has 2 N–H and O–H groups in total. The number of ether oxygens (including phenoxy) is 2. The van der Waals surface area contributed by atoms with Gasteiger partial charge in [0.1, 0.15) is 23.7 Å². The first-order valence-corrected chi connectivity index (χ1v) is 10.1. The molecule has 156 valence electrons. The molecule has 8 nitrogen and oxygen atoms in total. The molecule has 1 fully saturated rings. The highest BCUT2D eigenvalue weighted by atomic mass is 16.6. The highest BCUT2D eigenvalue weighted by molar-refractivity contribution is 5.67. The molecule has 1 aliphatic heterocycles. The summed E-state index contributed by atoms with van der Waals surface area (Å²) in [5.74, 6) is 2.46. The van der Waals surface area contributed by atoms with Crippen LogP contribution in [-0.4, -0.2) is 60.4 Å². The second-order valence-corrected chi connectivity index (χ2v) is 6.88. The van der Waals surface area contributed by atoms with Gasteiger partial charge in [-0.3, -0.25) is 0 Å². The Kier molecular flexibility index (Phi) is 7.49. The van der Waals surface area contributed by atoms with E-state index in [1.807, 2.05) is 31.2 Å². The van der Waals surface area contributed by atoms with Crippen molar-refractivity contribution in [2.45, 2.75) is 32.2 Å². The first-order valence-electron chi connectivity index (χ1n) is 10.1. The van der Waals surface area contributed by atoms with Crippen molar-refractivity contribution in [1.82, 2.24) is 14.9 Å². The van der Waals surface area contributed by atoms with E-state index in [0.29, 0.717) is 19.7 Å². The van der Waals surface area contributed by atoms with Crippen LogP contribution < -0.4 is 15.4 Å². The number of likely N-dealkylation sites (tertiary alicyclic amines) is 1. The van der Waals surface area contributed by atoms with Crippen LogP contribution in [0.5, 0.6) is 5.75 Å². The summed E-state index contributed by atoms with van der Waals surface area (Å²) >= 11 is 0. The van der Waals surface area contributed by atoms with Gasteiger partial charge in [0, 0.05) is 31.7 Å². The Balaban J connectivity index is 1.47. The van der Waals surface area contributed by atoms with E-state index in [0.717, 1.165) is 48.8 Å². The monoisotopic (exact) mass is 399 g/mol. The molecule has 1 aromatic carbocycles. The molecular formula is C21H29N5O3. The van der Waals surface area contributed by atoms with Crippen LogP contribution in [0.2, 0.25) is 0 Å². The molecule has 3 rings (SSSR count). The van der Waals surface area contributed by atoms with Gasteiger partial charge in [-0.05, 0) is 37.8 Å². The number of nitrogens with zero attached hydrogens (tertiary/aromatic N) is 3. The number of methoxy groups -OCH3 is 1. The second kappa shape index (κ2) is 10.5. The third-order valence-electron chi connectivity index (χ3n) is 4.93. The summed E-state index contributed by atoms with van der Waals surface area (Å²) in [6.45, 7) is 4.35. The van der Waals surface area contributed by atoms with E-state index in [1.165, 1.54) is 0 Å². The predicted octanol–water partition coefficient (Wildman–Crippen LogP) is 3.17. The lowest BCUT2D eigenvalue weighted by Gasteiger charge is -2.31. The molecule has 2 aromatic rings. The lowest BCUT2D eigenvalue weighted by atomic mass is 10.1. The van der Waals surface area contributed by atoms with Crippen LogP contribution in [-0.2, 0) is 11.2 Å². The van der Waals surface area contributed by atoms with E-state index in [4.69, 9.17) is 9.47 Å². The maximum absolute atomic E-state index is 11.8. The molecule has 1 amide bonds. The third-order valence-corrected chi connectivity index (χ3v) is 4.93. The van der Waals surface area contributed by atoms with E-state index >= 15 is 0 Å². The molecule has 0 radical (unpaired) electrons. The zero-order valence-electron chi connectivity index (χ0n) is 17.1. The lowest BCUT2D eigenvalue weighted by molar-refractivity contribution is 0.0983. The molecule has 8 heteroatoms. The standard InChI is InChI=1S/C21H29N5O3/c1-3-29-21(27)26-12-9-17(10-13-26)25-20-14-19(23-15-24-20)22-11-8-16-6-4-5-7-18(16)28-2/h4-7,14-15,17H,3,8-13H2,1-2H3,(H2,22,23,24,25). The normalized spacial score (nSPS) is 14.3. The average molecular weight is 399 g/mol. The number of hydrogen-bond donors (Lipinski definition) is 2. The van der Waals surface area contributed by atoms with Crippen LogP contribution in [0.15, 0.2) is 36.7 Å². The molecule has 2 heterocycles. The Labute approximate surface area is 171 Å². The number of piperidine rings is 1. The predicted molar refractivity (Wildman–Crippen MR) is 112 cm³/mol. The van der Waals surface area contributed by atoms with Gasteiger partial charge < -0.3 is 25.0 Å². The fourth-order valence-electron chi connectivity index (χ4n) is 3.40. The summed E-state index contributed by atoms with van der Waals surface area (Å²) < 4.78 is 10.5. The second-order valence-electron chi connectivity index (χ2n) is 6.88. The van der Waals surface area contributed by atoms with E-state index in [2.05, 4.69) is 26.7 Å². The number of rotatable bonds is 8. The minimum absolute atomic E-state index is 0.227. The van der Waals surface area contributed by atoms with Crippen LogP contribution in [0.25, 0.3) is 0 Å². The highest BCUT2D eigenvalue weighted by Gasteiger charge is 2.23. The molecule has 0 saturated carbocycles. The lowest BCUT2D eigenvalue weighted by Crippen LogP contribution is -2.42. The zero-order valence-corrected chi connectivity index (χ0v) is 17.1. The summed E-state index contributed by atoms with van der Waals surface area (Å²) in [6.07, 6.45) is 3.89. The molecule has 1 aliphatic rings. The Bertz CT molecular complexity index is 793. The van der Waals surface area contributed by atoms with Crippen molar-refractivity contribution >= 4 is 17.7 Å². The van der Waals surface area contributed by atoms with Crippen molar-refractivity contribution in [3.63, 3.8) is 0 Å². The zero-order chi connectivity index (χ0) is 20.5. The number of hydrogen-bond acceptors (Lipinski definition) is 7. The number of aromatic nitrogens is 2. The van der Waals surface area contributed by atoms with Crippen molar-refractivity contribution in [3.05, 3.63) is 42.2 Å². The minimum atomic E-state index is -0.227. The Hall–Kier alpha value is -3.03. The summed E-state index contributed by atoms with van der Waals surface area (Å²) in [4.78, 5) is 22.2. The Morgan fingerprint density at radius 3 is 2.72 bits per heavy atom. The number of para-hydroxylation sites is 1. The molecule has 0 atom stereocenters. The molecule has 1 aromatic heterocycles. The van der Waals surface area contributed by atoms with Gasteiger partial charge in [0.2, 0.25) is 0 Å². The van der Waals surface area contributed by atoms with E-state index in [-0.39, 0.29) is 12.1 Å². The molecule has 1 saturated heterocycles. The molecule has 0 aliphatic carbocycles. The van der Waals surface area contributed by atoms with Gasteiger partial charge in [0.15, 0.2) is 0 Å². The summed E-state index contributed by atoms with van der Waals surface area (Å²) in [6, 6.07) is 10.2. The first kappa shape index (κ1) is 20.7. The maximum Gasteiger partial charge on any atom is 0.409 e. The molecule has 29 heavy (non-hydrogen) atoms. The number of carbonyl (C=O) groups excluding carboxylic acids is 1. The first-order chi connectivity index (χ1) is 14.2. The minimum Gasteiger partial charge on any atom is -0.496 e. The summed E-state index contributed by atoms with van der Waals surface area (Å²) in [5, 5.41) is 6.79. The van der Waals surface area contributed by atoms with Gasteiger partial charge in [-0.2, -0.15) is 0 Å². The quantitative estimate of drug-likeness (QED) is 0.705. The van der Waals surface area contributed by atoms with Gasteiger partial charge in [0.05, 0.1) is 13.7 Å². The van der Waals surface area contributed by atoms with Gasteiger partial charge in [0.25, 0.3) is 0 Å². The van der Waals surface area contributed by atoms with Crippen molar-refractivity contribution in [3.8, 4) is 5.75 Å². The summed E-state index contributed by atoms with van der Waals surface area (Å²) in [5.41, 5.74) is 1.16. The van der Waals surface area contributed by atoms with Gasteiger partial charge >= 0.3 is 6.09 Å². The van der Waals surface area contributed by atoms with Gasteiger partial charge in [-0.25, -0.2) is 14.8 Å². The topological polar surface area (TPSA) is 88.6 Å². The Morgan fingerprint density at radius 2 is 1.97 bits per heavy atom. The fourth-order valence-corrected chi connectivity index (χ4v) is 3.40. The van der Waals surface area contributed by atoms with Crippen molar-refractivity contribution in [1.29, 1.82) is 0 Å². The number of carbonyl (C=O) groups is 1. The average Bonchev–Trinajstić information content (AvgIpc) is 2.75. The Morgan fingerprint density at radius 1 is 1.21 bits per heavy atom. The van der Waals surface area contributed by atoms with Crippen molar-refractivity contribution in [2.75, 3.05) is 44.0 Å².